The molecule has 0 radical (unpaired) electrons. The number of nitrogens with two attached hydrogens (primary N) is 1. The van der Waals surface area contributed by atoms with E-state index in [2.05, 4.69) is 22.6 Å². The number of hydrogen-bond acceptors (Lipinski definition) is 4. The summed E-state index contributed by atoms with van der Waals surface area (Å²) in [5.74, 6) is 0.0122. The monoisotopic (exact) mass is 281 g/mol. The molecule has 0 saturated heterocycles. The Kier molecular flexibility index (Phi) is 4.93. The number of carbonyl (C=O) groups excluding carboxylic acids is 1. The first kappa shape index (κ1) is 14.5. The molecule has 2 rings (SSSR count). The largest absolute Gasteiger partial charge is 0.354 e. The number of thiazole rings is 1. The van der Waals surface area contributed by atoms with Gasteiger partial charge in [0.25, 0.3) is 0 Å². The summed E-state index contributed by atoms with van der Waals surface area (Å²) in [5.41, 5.74) is 6.62. The Morgan fingerprint density at radius 2 is 2.21 bits per heavy atom. The van der Waals surface area contributed by atoms with Gasteiger partial charge < -0.3 is 11.1 Å². The van der Waals surface area contributed by atoms with Crippen molar-refractivity contribution in [3.63, 3.8) is 0 Å². The van der Waals surface area contributed by atoms with Crippen LogP contribution in [0.2, 0.25) is 0 Å². The zero-order valence-electron chi connectivity index (χ0n) is 11.6. The lowest BCUT2D eigenvalue weighted by Crippen LogP contribution is -2.55. The van der Waals surface area contributed by atoms with Crippen LogP contribution in [0, 0.1) is 0 Å². The van der Waals surface area contributed by atoms with Crippen molar-refractivity contribution in [2.24, 2.45) is 5.73 Å². The maximum atomic E-state index is 12.1. The van der Waals surface area contributed by atoms with Crippen LogP contribution >= 0.6 is 11.3 Å². The van der Waals surface area contributed by atoms with E-state index >= 15 is 0 Å². The molecule has 0 aliphatic heterocycles. The average Bonchev–Trinajstić information content (AvgIpc) is 2.87. The SMILES string of the molecule is CCc1nc(CCNC(=O)C2(N)CCCCC2)cs1. The van der Waals surface area contributed by atoms with Crippen molar-refractivity contribution in [3.05, 3.63) is 16.1 Å². The maximum Gasteiger partial charge on any atom is 0.240 e. The first-order valence-electron chi connectivity index (χ1n) is 7.14. The first-order chi connectivity index (χ1) is 9.14. The van der Waals surface area contributed by atoms with Gasteiger partial charge in [0.15, 0.2) is 0 Å². The van der Waals surface area contributed by atoms with E-state index in [9.17, 15) is 4.79 Å². The van der Waals surface area contributed by atoms with Crippen molar-refractivity contribution < 1.29 is 4.79 Å². The van der Waals surface area contributed by atoms with E-state index in [1.165, 1.54) is 6.42 Å². The van der Waals surface area contributed by atoms with Crippen LogP contribution < -0.4 is 11.1 Å². The summed E-state index contributed by atoms with van der Waals surface area (Å²) in [4.78, 5) is 16.6. The van der Waals surface area contributed by atoms with Crippen molar-refractivity contribution in [3.8, 4) is 0 Å². The Balaban J connectivity index is 1.77. The average molecular weight is 281 g/mol. The molecule has 1 aromatic rings. The normalized spacial score (nSPS) is 18.2. The van der Waals surface area contributed by atoms with Crippen molar-refractivity contribution >= 4 is 17.2 Å². The predicted molar refractivity (Wildman–Crippen MR) is 78.2 cm³/mol. The van der Waals surface area contributed by atoms with Gasteiger partial charge in [0.05, 0.1) is 16.2 Å². The lowest BCUT2D eigenvalue weighted by molar-refractivity contribution is -0.127. The van der Waals surface area contributed by atoms with E-state index in [1.807, 2.05) is 0 Å². The van der Waals surface area contributed by atoms with Gasteiger partial charge in [-0.05, 0) is 19.3 Å². The standard InChI is InChI=1S/C14H23N3OS/c1-2-12-17-11(10-19-12)6-9-16-13(18)14(15)7-4-3-5-8-14/h10H,2-9,15H2,1H3,(H,16,18). The van der Waals surface area contributed by atoms with E-state index in [0.717, 1.165) is 49.2 Å². The van der Waals surface area contributed by atoms with E-state index < -0.39 is 5.54 Å². The Morgan fingerprint density at radius 1 is 1.47 bits per heavy atom. The zero-order valence-corrected chi connectivity index (χ0v) is 12.4. The Hall–Kier alpha value is -0.940. The minimum absolute atomic E-state index is 0.0122. The lowest BCUT2D eigenvalue weighted by Gasteiger charge is -2.31. The van der Waals surface area contributed by atoms with Crippen LogP contribution in [0.3, 0.4) is 0 Å². The Morgan fingerprint density at radius 3 is 2.84 bits per heavy atom. The molecular weight excluding hydrogens is 258 g/mol. The summed E-state index contributed by atoms with van der Waals surface area (Å²) in [7, 11) is 0. The molecule has 1 saturated carbocycles. The molecule has 0 aromatic carbocycles. The van der Waals surface area contributed by atoms with Gasteiger partial charge in [0.2, 0.25) is 5.91 Å². The van der Waals surface area contributed by atoms with Crippen molar-refractivity contribution in [2.45, 2.75) is 57.4 Å². The van der Waals surface area contributed by atoms with Crippen LogP contribution in [0.25, 0.3) is 0 Å². The topological polar surface area (TPSA) is 68.0 Å². The molecule has 1 fully saturated rings. The highest BCUT2D eigenvalue weighted by Crippen LogP contribution is 2.25. The third-order valence-electron chi connectivity index (χ3n) is 3.77. The second-order valence-electron chi connectivity index (χ2n) is 5.31. The zero-order chi connectivity index (χ0) is 13.7. The number of aromatic nitrogens is 1. The van der Waals surface area contributed by atoms with Gasteiger partial charge in [-0.1, -0.05) is 26.2 Å². The highest BCUT2D eigenvalue weighted by molar-refractivity contribution is 7.09. The summed E-state index contributed by atoms with van der Waals surface area (Å²) in [6.07, 6.45) is 6.73. The third kappa shape index (κ3) is 3.76. The fourth-order valence-corrected chi connectivity index (χ4v) is 3.30. The number of nitrogens with one attached hydrogen (secondary N) is 1. The molecule has 1 heterocycles. The van der Waals surface area contributed by atoms with Crippen LogP contribution in [0.4, 0.5) is 0 Å². The summed E-state index contributed by atoms with van der Waals surface area (Å²) < 4.78 is 0. The molecule has 0 bridgehead atoms. The molecule has 106 valence electrons. The molecule has 4 nitrogen and oxygen atoms in total. The minimum atomic E-state index is -0.630. The molecule has 0 unspecified atom stereocenters. The molecule has 19 heavy (non-hydrogen) atoms. The van der Waals surface area contributed by atoms with Crippen LogP contribution in [-0.4, -0.2) is 23.0 Å². The van der Waals surface area contributed by atoms with Gasteiger partial charge in [0.1, 0.15) is 0 Å². The highest BCUT2D eigenvalue weighted by atomic mass is 32.1. The second kappa shape index (κ2) is 6.48. The van der Waals surface area contributed by atoms with Crippen LogP contribution in [0.5, 0.6) is 0 Å². The molecule has 1 aromatic heterocycles. The number of carbonyl (C=O) groups is 1. The van der Waals surface area contributed by atoms with Crippen LogP contribution in [0.1, 0.15) is 49.7 Å². The van der Waals surface area contributed by atoms with Gasteiger partial charge in [-0.2, -0.15) is 0 Å². The number of aryl methyl sites for hydroxylation is 1. The van der Waals surface area contributed by atoms with Crippen LogP contribution in [-0.2, 0) is 17.6 Å². The summed E-state index contributed by atoms with van der Waals surface area (Å²) in [6, 6.07) is 0. The summed E-state index contributed by atoms with van der Waals surface area (Å²) in [6.45, 7) is 2.73. The van der Waals surface area contributed by atoms with E-state index in [0.29, 0.717) is 6.54 Å². The third-order valence-corrected chi connectivity index (χ3v) is 4.81. The van der Waals surface area contributed by atoms with Crippen LogP contribution in [0.15, 0.2) is 5.38 Å². The molecular formula is C14H23N3OS. The van der Waals surface area contributed by atoms with E-state index in [-0.39, 0.29) is 5.91 Å². The number of rotatable bonds is 5. The number of hydrogen-bond donors (Lipinski definition) is 2. The van der Waals surface area contributed by atoms with Gasteiger partial charge >= 0.3 is 0 Å². The van der Waals surface area contributed by atoms with Crippen molar-refractivity contribution in [2.75, 3.05) is 6.54 Å². The Bertz CT molecular complexity index is 424. The minimum Gasteiger partial charge on any atom is -0.354 e. The van der Waals surface area contributed by atoms with Gasteiger partial charge in [-0.25, -0.2) is 4.98 Å². The molecule has 1 aliphatic rings. The molecule has 1 amide bonds. The quantitative estimate of drug-likeness (QED) is 0.867. The summed E-state index contributed by atoms with van der Waals surface area (Å²) >= 11 is 1.69. The molecule has 5 heteroatoms. The highest BCUT2D eigenvalue weighted by Gasteiger charge is 2.34. The molecule has 0 atom stereocenters. The van der Waals surface area contributed by atoms with Crippen molar-refractivity contribution in [1.82, 2.24) is 10.3 Å². The molecule has 0 spiro atoms. The fourth-order valence-electron chi connectivity index (χ4n) is 2.52. The van der Waals surface area contributed by atoms with E-state index in [1.54, 1.807) is 11.3 Å². The maximum absolute atomic E-state index is 12.1. The number of nitrogens with zero attached hydrogens (tertiary/aromatic N) is 1. The summed E-state index contributed by atoms with van der Waals surface area (Å²) in [5, 5.41) is 6.20. The predicted octanol–water partition coefficient (Wildman–Crippen LogP) is 2.03. The lowest BCUT2D eigenvalue weighted by atomic mass is 9.82. The van der Waals surface area contributed by atoms with Gasteiger partial charge in [-0.3, -0.25) is 4.79 Å². The van der Waals surface area contributed by atoms with Gasteiger partial charge in [0, 0.05) is 18.3 Å². The first-order valence-corrected chi connectivity index (χ1v) is 8.02. The molecule has 1 aliphatic carbocycles. The van der Waals surface area contributed by atoms with Crippen molar-refractivity contribution in [1.29, 1.82) is 0 Å². The number of amides is 1. The Labute approximate surface area is 118 Å². The van der Waals surface area contributed by atoms with E-state index in [4.69, 9.17) is 5.73 Å². The molecule has 3 N–H and O–H groups in total. The fraction of sp³-hybridized carbons (Fsp3) is 0.714. The smallest absolute Gasteiger partial charge is 0.240 e. The van der Waals surface area contributed by atoms with Gasteiger partial charge in [-0.15, -0.1) is 11.3 Å². The second-order valence-corrected chi connectivity index (χ2v) is 6.25.